The highest BCUT2D eigenvalue weighted by Gasteiger charge is 2.19. The molecule has 0 saturated carbocycles. The van der Waals surface area contributed by atoms with Crippen LogP contribution in [0.25, 0.3) is 0 Å². The third-order valence-corrected chi connectivity index (χ3v) is 2.60. The van der Waals surface area contributed by atoms with Gasteiger partial charge in [-0.1, -0.05) is 11.6 Å². The second-order valence-electron chi connectivity index (χ2n) is 5.78. The zero-order valence-corrected chi connectivity index (χ0v) is 13.2. The van der Waals surface area contributed by atoms with Gasteiger partial charge < -0.3 is 10.2 Å². The van der Waals surface area contributed by atoms with Gasteiger partial charge in [-0.25, -0.2) is 4.98 Å². The summed E-state index contributed by atoms with van der Waals surface area (Å²) in [7, 11) is 1.58. The number of aryl methyl sites for hydroxylation is 1. The van der Waals surface area contributed by atoms with Crippen molar-refractivity contribution in [2.75, 3.05) is 13.6 Å². The van der Waals surface area contributed by atoms with Crippen molar-refractivity contribution < 1.29 is 9.59 Å². The minimum atomic E-state index is -0.322. The van der Waals surface area contributed by atoms with E-state index in [-0.39, 0.29) is 29.1 Å². The molecule has 0 aliphatic rings. The van der Waals surface area contributed by atoms with Crippen LogP contribution >= 0.6 is 11.6 Å². The van der Waals surface area contributed by atoms with E-state index in [1.807, 2.05) is 20.8 Å². The molecule has 1 aromatic heterocycles. The summed E-state index contributed by atoms with van der Waals surface area (Å²) in [4.78, 5) is 29.4. The maximum Gasteiger partial charge on any atom is 0.254 e. The van der Waals surface area contributed by atoms with Crippen LogP contribution in [-0.4, -0.2) is 40.8 Å². The maximum atomic E-state index is 12.2. The Morgan fingerprint density at radius 2 is 1.95 bits per heavy atom. The first-order valence-electron chi connectivity index (χ1n) is 6.29. The molecule has 20 heavy (non-hydrogen) atoms. The third-order valence-electron chi connectivity index (χ3n) is 2.41. The molecule has 0 radical (unpaired) electrons. The van der Waals surface area contributed by atoms with Gasteiger partial charge in [-0.3, -0.25) is 9.59 Å². The van der Waals surface area contributed by atoms with Crippen molar-refractivity contribution in [2.45, 2.75) is 33.2 Å². The van der Waals surface area contributed by atoms with Crippen molar-refractivity contribution in [1.82, 2.24) is 15.2 Å². The molecule has 0 saturated heterocycles. The van der Waals surface area contributed by atoms with Gasteiger partial charge in [-0.2, -0.15) is 0 Å². The quantitative estimate of drug-likeness (QED) is 0.868. The average Bonchev–Trinajstić information content (AvgIpc) is 2.23. The summed E-state index contributed by atoms with van der Waals surface area (Å²) >= 11 is 5.83. The van der Waals surface area contributed by atoms with E-state index in [0.29, 0.717) is 11.3 Å². The van der Waals surface area contributed by atoms with Crippen LogP contribution in [0.2, 0.25) is 5.15 Å². The number of amides is 2. The van der Waals surface area contributed by atoms with Crippen LogP contribution in [-0.2, 0) is 4.79 Å². The number of carbonyl (C=O) groups excluding carboxylic acids is 2. The lowest BCUT2D eigenvalue weighted by Gasteiger charge is -2.23. The van der Waals surface area contributed by atoms with Gasteiger partial charge in [-0.05, 0) is 39.8 Å². The number of hydrogen-bond donors (Lipinski definition) is 1. The molecule has 6 heteroatoms. The first-order valence-corrected chi connectivity index (χ1v) is 6.67. The van der Waals surface area contributed by atoms with Crippen LogP contribution in [0, 0.1) is 6.92 Å². The minimum Gasteiger partial charge on any atom is -0.350 e. The van der Waals surface area contributed by atoms with Gasteiger partial charge >= 0.3 is 0 Å². The van der Waals surface area contributed by atoms with E-state index in [4.69, 9.17) is 11.6 Å². The summed E-state index contributed by atoms with van der Waals surface area (Å²) < 4.78 is 0. The molecule has 0 spiro atoms. The summed E-state index contributed by atoms with van der Waals surface area (Å²) in [6.07, 6.45) is 0. The molecule has 0 aromatic carbocycles. The molecule has 1 N–H and O–H groups in total. The Kier molecular flexibility index (Phi) is 5.11. The first kappa shape index (κ1) is 16.4. The number of likely N-dealkylation sites (N-methyl/N-ethyl adjacent to an activating group) is 1. The molecule has 0 fully saturated rings. The Morgan fingerprint density at radius 1 is 1.35 bits per heavy atom. The van der Waals surface area contributed by atoms with Crippen molar-refractivity contribution >= 4 is 23.4 Å². The lowest BCUT2D eigenvalue weighted by molar-refractivity contribution is -0.122. The predicted molar refractivity (Wildman–Crippen MR) is 78.8 cm³/mol. The molecule has 0 aliphatic carbocycles. The smallest absolute Gasteiger partial charge is 0.254 e. The average molecular weight is 298 g/mol. The lowest BCUT2D eigenvalue weighted by Crippen LogP contribution is -2.46. The SMILES string of the molecule is Cc1cc(C(=O)N(C)CC(=O)NC(C)(C)C)cc(Cl)n1. The van der Waals surface area contributed by atoms with Crippen molar-refractivity contribution in [2.24, 2.45) is 0 Å². The van der Waals surface area contributed by atoms with Gasteiger partial charge in [0.2, 0.25) is 5.91 Å². The number of nitrogens with zero attached hydrogens (tertiary/aromatic N) is 2. The van der Waals surface area contributed by atoms with Gasteiger partial charge in [0.25, 0.3) is 5.91 Å². The summed E-state index contributed by atoms with van der Waals surface area (Å²) in [5.41, 5.74) is 0.763. The van der Waals surface area contributed by atoms with Gasteiger partial charge in [0.05, 0.1) is 6.54 Å². The fourth-order valence-corrected chi connectivity index (χ4v) is 1.97. The number of halogens is 1. The second kappa shape index (κ2) is 6.22. The zero-order chi connectivity index (χ0) is 15.5. The topological polar surface area (TPSA) is 62.3 Å². The monoisotopic (exact) mass is 297 g/mol. The molecule has 1 rings (SSSR count). The summed E-state index contributed by atoms with van der Waals surface area (Å²) in [5.74, 6) is -0.466. The summed E-state index contributed by atoms with van der Waals surface area (Å²) in [5, 5.41) is 3.07. The molecule has 0 unspecified atom stereocenters. The van der Waals surface area contributed by atoms with Gasteiger partial charge in [-0.15, -0.1) is 0 Å². The molecular weight excluding hydrogens is 278 g/mol. The number of aromatic nitrogens is 1. The van der Waals surface area contributed by atoms with Crippen LogP contribution in [0.4, 0.5) is 0 Å². The van der Waals surface area contributed by atoms with E-state index < -0.39 is 0 Å². The molecule has 5 nitrogen and oxygen atoms in total. The largest absolute Gasteiger partial charge is 0.350 e. The Labute approximate surface area is 124 Å². The maximum absolute atomic E-state index is 12.2. The fourth-order valence-electron chi connectivity index (χ4n) is 1.72. The number of carbonyl (C=O) groups is 2. The van der Waals surface area contributed by atoms with E-state index >= 15 is 0 Å². The summed E-state index contributed by atoms with van der Waals surface area (Å²) in [6, 6.07) is 3.14. The molecule has 0 aliphatic heterocycles. The van der Waals surface area contributed by atoms with Crippen LogP contribution in [0.1, 0.15) is 36.8 Å². The highest BCUT2D eigenvalue weighted by molar-refractivity contribution is 6.29. The molecular formula is C14H20ClN3O2. The van der Waals surface area contributed by atoms with Gasteiger partial charge in [0, 0.05) is 23.8 Å². The lowest BCUT2D eigenvalue weighted by atomic mass is 10.1. The molecule has 1 aromatic rings. The number of pyridine rings is 1. The number of rotatable bonds is 3. The molecule has 1 heterocycles. The second-order valence-corrected chi connectivity index (χ2v) is 6.17. The molecule has 2 amide bonds. The summed E-state index contributed by atoms with van der Waals surface area (Å²) in [6.45, 7) is 7.42. The van der Waals surface area contributed by atoms with Crippen LogP contribution in [0.15, 0.2) is 12.1 Å². The normalized spacial score (nSPS) is 11.1. The van der Waals surface area contributed by atoms with Gasteiger partial charge in [0.1, 0.15) is 5.15 Å². The van der Waals surface area contributed by atoms with Crippen LogP contribution in [0.5, 0.6) is 0 Å². The molecule has 0 bridgehead atoms. The van der Waals surface area contributed by atoms with E-state index in [1.165, 1.54) is 11.0 Å². The minimum absolute atomic E-state index is 0.00487. The van der Waals surface area contributed by atoms with Crippen molar-refractivity contribution in [3.05, 3.63) is 28.5 Å². The third kappa shape index (κ3) is 5.17. The highest BCUT2D eigenvalue weighted by Crippen LogP contribution is 2.12. The Morgan fingerprint density at radius 3 is 2.45 bits per heavy atom. The Bertz CT molecular complexity index is 503. The van der Waals surface area contributed by atoms with Crippen molar-refractivity contribution in [3.63, 3.8) is 0 Å². The standard InChI is InChI=1S/C14H20ClN3O2/c1-9-6-10(7-11(15)16-9)13(20)18(5)8-12(19)17-14(2,3)4/h6-7H,8H2,1-5H3,(H,17,19). The van der Waals surface area contributed by atoms with Crippen LogP contribution in [0.3, 0.4) is 0 Å². The van der Waals surface area contributed by atoms with Gasteiger partial charge in [0.15, 0.2) is 0 Å². The fraction of sp³-hybridized carbons (Fsp3) is 0.500. The Balaban J connectivity index is 2.74. The highest BCUT2D eigenvalue weighted by atomic mass is 35.5. The predicted octanol–water partition coefficient (Wildman–Crippen LogP) is 2.03. The van der Waals surface area contributed by atoms with Crippen molar-refractivity contribution in [1.29, 1.82) is 0 Å². The molecule has 110 valence electrons. The van der Waals surface area contributed by atoms with E-state index in [2.05, 4.69) is 10.3 Å². The van der Waals surface area contributed by atoms with E-state index in [0.717, 1.165) is 0 Å². The van der Waals surface area contributed by atoms with E-state index in [9.17, 15) is 9.59 Å². The Hall–Kier alpha value is -1.62. The number of hydrogen-bond acceptors (Lipinski definition) is 3. The zero-order valence-electron chi connectivity index (χ0n) is 12.5. The number of nitrogens with one attached hydrogen (secondary N) is 1. The first-order chi connectivity index (χ1) is 9.08. The van der Waals surface area contributed by atoms with Crippen molar-refractivity contribution in [3.8, 4) is 0 Å². The molecule has 0 atom stereocenters. The van der Waals surface area contributed by atoms with E-state index in [1.54, 1.807) is 20.0 Å². The van der Waals surface area contributed by atoms with Crippen LogP contribution < -0.4 is 5.32 Å².